The molecule has 1 N–H and O–H groups in total. The number of rotatable bonds is 4. The predicted molar refractivity (Wildman–Crippen MR) is 71.4 cm³/mol. The van der Waals surface area contributed by atoms with E-state index in [1.165, 1.54) is 24.1 Å². The number of hydrogen-bond donors (Lipinski definition) is 1. The highest BCUT2D eigenvalue weighted by molar-refractivity contribution is 6.04. The molecule has 0 aliphatic carbocycles. The maximum Gasteiger partial charge on any atom is 0.371 e. The lowest BCUT2D eigenvalue weighted by atomic mass is 10.2. The lowest BCUT2D eigenvalue weighted by Gasteiger charge is -2.16. The normalized spacial score (nSPS) is 10.1. The molecule has 104 valence electrons. The summed E-state index contributed by atoms with van der Waals surface area (Å²) in [6, 6.07) is 9.53. The van der Waals surface area contributed by atoms with Gasteiger partial charge in [-0.25, -0.2) is 4.79 Å². The van der Waals surface area contributed by atoms with E-state index in [2.05, 4.69) is 0 Å². The Labute approximate surface area is 115 Å². The van der Waals surface area contributed by atoms with Crippen molar-refractivity contribution in [3.05, 3.63) is 47.9 Å². The summed E-state index contributed by atoms with van der Waals surface area (Å²) in [5.41, 5.74) is 0.614. The number of carboxylic acids is 1. The van der Waals surface area contributed by atoms with E-state index >= 15 is 0 Å². The molecule has 1 aromatic carbocycles. The maximum absolute atomic E-state index is 12.2. The summed E-state index contributed by atoms with van der Waals surface area (Å²) >= 11 is 0. The largest absolute Gasteiger partial charge is 0.497 e. The number of anilines is 1. The molecule has 1 heterocycles. The number of benzene rings is 1. The Hall–Kier alpha value is -2.76. The molecule has 0 aliphatic rings. The van der Waals surface area contributed by atoms with Crippen LogP contribution in [0.25, 0.3) is 0 Å². The van der Waals surface area contributed by atoms with Gasteiger partial charge in [0.25, 0.3) is 5.91 Å². The highest BCUT2D eigenvalue weighted by Gasteiger charge is 2.19. The lowest BCUT2D eigenvalue weighted by Crippen LogP contribution is -2.25. The molecule has 0 saturated heterocycles. The highest BCUT2D eigenvalue weighted by atomic mass is 16.5. The minimum absolute atomic E-state index is 0.0345. The zero-order valence-corrected chi connectivity index (χ0v) is 11.0. The number of hydrogen-bond acceptors (Lipinski definition) is 4. The molecule has 0 atom stereocenters. The van der Waals surface area contributed by atoms with Gasteiger partial charge in [-0.1, -0.05) is 6.07 Å². The Morgan fingerprint density at radius 2 is 1.90 bits per heavy atom. The fraction of sp³-hybridized carbons (Fsp3) is 0.143. The first kappa shape index (κ1) is 13.7. The molecule has 20 heavy (non-hydrogen) atoms. The van der Waals surface area contributed by atoms with Gasteiger partial charge in [-0.3, -0.25) is 4.79 Å². The molecule has 0 bridgehead atoms. The number of nitrogens with zero attached hydrogens (tertiary/aromatic N) is 1. The molecule has 6 heteroatoms. The minimum Gasteiger partial charge on any atom is -0.497 e. The zero-order chi connectivity index (χ0) is 14.7. The maximum atomic E-state index is 12.2. The number of methoxy groups -OCH3 is 1. The predicted octanol–water partition coefficient (Wildman–Crippen LogP) is 2.26. The monoisotopic (exact) mass is 275 g/mol. The topological polar surface area (TPSA) is 80.0 Å². The molecule has 1 aromatic heterocycles. The van der Waals surface area contributed by atoms with Gasteiger partial charge in [0.2, 0.25) is 5.76 Å². The average molecular weight is 275 g/mol. The molecule has 0 radical (unpaired) electrons. The fourth-order valence-electron chi connectivity index (χ4n) is 1.67. The van der Waals surface area contributed by atoms with Gasteiger partial charge < -0.3 is 19.2 Å². The van der Waals surface area contributed by atoms with E-state index in [9.17, 15) is 9.59 Å². The van der Waals surface area contributed by atoms with Crippen LogP contribution in [0, 0.1) is 0 Å². The first-order valence-electron chi connectivity index (χ1n) is 5.78. The van der Waals surface area contributed by atoms with Crippen LogP contribution in [-0.4, -0.2) is 31.1 Å². The van der Waals surface area contributed by atoms with Gasteiger partial charge in [-0.05, 0) is 24.3 Å². The molecular weight excluding hydrogens is 262 g/mol. The van der Waals surface area contributed by atoms with Gasteiger partial charge in [0.15, 0.2) is 5.76 Å². The minimum atomic E-state index is -1.21. The van der Waals surface area contributed by atoms with Crippen molar-refractivity contribution in [1.82, 2.24) is 0 Å². The standard InChI is InChI=1S/C14H13NO5/c1-15(9-4-3-5-10(8-9)19-2)13(16)11-6-7-12(20-11)14(17)18/h3-8H,1-2H3,(H,17,18). The van der Waals surface area contributed by atoms with E-state index in [0.717, 1.165) is 0 Å². The Bertz CT molecular complexity index is 647. The number of furan rings is 1. The van der Waals surface area contributed by atoms with Crippen LogP contribution in [-0.2, 0) is 0 Å². The number of carbonyl (C=O) groups is 2. The third kappa shape index (κ3) is 2.64. The molecule has 0 fully saturated rings. The van der Waals surface area contributed by atoms with Crippen molar-refractivity contribution in [1.29, 1.82) is 0 Å². The summed E-state index contributed by atoms with van der Waals surface area (Å²) in [5, 5.41) is 8.77. The molecular formula is C14H13NO5. The van der Waals surface area contributed by atoms with Crippen LogP contribution in [0.3, 0.4) is 0 Å². The van der Waals surface area contributed by atoms with Gasteiger partial charge in [-0.15, -0.1) is 0 Å². The lowest BCUT2D eigenvalue weighted by molar-refractivity contribution is 0.0660. The van der Waals surface area contributed by atoms with Crippen LogP contribution in [0.4, 0.5) is 5.69 Å². The average Bonchev–Trinajstić information content (AvgIpc) is 2.95. The van der Waals surface area contributed by atoms with Crippen molar-refractivity contribution in [2.24, 2.45) is 0 Å². The van der Waals surface area contributed by atoms with Crippen molar-refractivity contribution in [2.75, 3.05) is 19.1 Å². The number of carbonyl (C=O) groups excluding carboxylic acids is 1. The summed E-state index contributed by atoms with van der Waals surface area (Å²) in [6.07, 6.45) is 0. The first-order chi connectivity index (χ1) is 9.52. The third-order valence-corrected chi connectivity index (χ3v) is 2.77. The van der Waals surface area contributed by atoms with Gasteiger partial charge in [-0.2, -0.15) is 0 Å². The van der Waals surface area contributed by atoms with Crippen LogP contribution in [0.2, 0.25) is 0 Å². The summed E-state index contributed by atoms with van der Waals surface area (Å²) < 4.78 is 10.1. The second-order valence-corrected chi connectivity index (χ2v) is 4.03. The number of aromatic carboxylic acids is 1. The Morgan fingerprint density at radius 1 is 1.20 bits per heavy atom. The number of ether oxygens (including phenoxy) is 1. The van der Waals surface area contributed by atoms with Crippen LogP contribution < -0.4 is 9.64 Å². The molecule has 2 rings (SSSR count). The SMILES string of the molecule is COc1cccc(N(C)C(=O)c2ccc(C(=O)O)o2)c1. The van der Waals surface area contributed by atoms with E-state index in [0.29, 0.717) is 11.4 Å². The van der Waals surface area contributed by atoms with E-state index in [4.69, 9.17) is 14.3 Å². The van der Waals surface area contributed by atoms with Crippen molar-refractivity contribution in [3.8, 4) is 5.75 Å². The summed E-state index contributed by atoms with van der Waals surface area (Å²) in [5.74, 6) is -1.34. The molecule has 6 nitrogen and oxygen atoms in total. The zero-order valence-electron chi connectivity index (χ0n) is 11.0. The van der Waals surface area contributed by atoms with E-state index in [-0.39, 0.29) is 11.5 Å². The molecule has 0 spiro atoms. The number of amides is 1. The van der Waals surface area contributed by atoms with Gasteiger partial charge in [0, 0.05) is 18.8 Å². The van der Waals surface area contributed by atoms with Gasteiger partial charge in [0.05, 0.1) is 7.11 Å². The third-order valence-electron chi connectivity index (χ3n) is 2.77. The van der Waals surface area contributed by atoms with Crippen LogP contribution in [0.5, 0.6) is 5.75 Å². The smallest absolute Gasteiger partial charge is 0.371 e. The summed E-state index contributed by atoms with van der Waals surface area (Å²) in [4.78, 5) is 24.3. The number of carboxylic acid groups (broad SMARTS) is 1. The van der Waals surface area contributed by atoms with Crippen molar-refractivity contribution in [2.45, 2.75) is 0 Å². The van der Waals surface area contributed by atoms with Crippen LogP contribution in [0.1, 0.15) is 21.1 Å². The Morgan fingerprint density at radius 3 is 2.50 bits per heavy atom. The second-order valence-electron chi connectivity index (χ2n) is 4.03. The quantitative estimate of drug-likeness (QED) is 0.925. The van der Waals surface area contributed by atoms with E-state index in [1.807, 2.05) is 0 Å². The second kappa shape index (κ2) is 5.48. The highest BCUT2D eigenvalue weighted by Crippen LogP contribution is 2.22. The fourth-order valence-corrected chi connectivity index (χ4v) is 1.67. The Kier molecular flexibility index (Phi) is 3.74. The van der Waals surface area contributed by atoms with Crippen molar-refractivity contribution < 1.29 is 23.8 Å². The summed E-state index contributed by atoms with van der Waals surface area (Å²) in [7, 11) is 3.10. The summed E-state index contributed by atoms with van der Waals surface area (Å²) in [6.45, 7) is 0. The molecule has 1 amide bonds. The molecule has 2 aromatic rings. The molecule has 0 unspecified atom stereocenters. The van der Waals surface area contributed by atoms with Crippen LogP contribution >= 0.6 is 0 Å². The van der Waals surface area contributed by atoms with Crippen molar-refractivity contribution in [3.63, 3.8) is 0 Å². The Balaban J connectivity index is 2.24. The van der Waals surface area contributed by atoms with Gasteiger partial charge >= 0.3 is 5.97 Å². The van der Waals surface area contributed by atoms with E-state index in [1.54, 1.807) is 31.3 Å². The van der Waals surface area contributed by atoms with Gasteiger partial charge in [0.1, 0.15) is 5.75 Å². The van der Waals surface area contributed by atoms with Crippen LogP contribution in [0.15, 0.2) is 40.8 Å². The van der Waals surface area contributed by atoms with E-state index < -0.39 is 11.9 Å². The van der Waals surface area contributed by atoms with Crippen molar-refractivity contribution >= 4 is 17.6 Å². The first-order valence-corrected chi connectivity index (χ1v) is 5.78. The molecule has 0 aliphatic heterocycles. The molecule has 0 saturated carbocycles.